The molecule has 0 saturated carbocycles. The number of fused-ring (bicyclic) bond motifs is 3. The van der Waals surface area contributed by atoms with Crippen LogP contribution < -0.4 is 4.18 Å². The monoisotopic (exact) mass is 292 g/mol. The summed E-state index contributed by atoms with van der Waals surface area (Å²) in [5, 5.41) is 0. The SMILES string of the molecule is BrSOc1ccc2c(c1)Cc1ccccc1-2. The molecule has 2 aromatic carbocycles. The predicted octanol–water partition coefficient (Wildman–Crippen LogP) is 4.59. The molecule has 0 fully saturated rings. The van der Waals surface area contributed by atoms with Crippen molar-refractivity contribution in [3.63, 3.8) is 0 Å². The number of rotatable bonds is 2. The molecule has 3 heteroatoms. The standard InChI is InChI=1S/C13H9BrOS/c14-16-15-11-5-6-13-10(8-11)7-9-3-1-2-4-12(9)13/h1-6,8H,7H2. The number of benzene rings is 2. The first-order valence-electron chi connectivity index (χ1n) is 5.05. The van der Waals surface area contributed by atoms with E-state index in [9.17, 15) is 0 Å². The third-order valence-corrected chi connectivity index (χ3v) is 3.54. The highest BCUT2D eigenvalue weighted by Gasteiger charge is 2.17. The second kappa shape index (κ2) is 4.15. The molecule has 0 atom stereocenters. The van der Waals surface area contributed by atoms with Crippen molar-refractivity contribution in [1.29, 1.82) is 0 Å². The van der Waals surface area contributed by atoms with Gasteiger partial charge in [0.25, 0.3) is 0 Å². The minimum absolute atomic E-state index is 0.897. The molecule has 80 valence electrons. The molecule has 0 saturated heterocycles. The zero-order chi connectivity index (χ0) is 11.0. The Morgan fingerprint density at radius 1 is 1.00 bits per heavy atom. The van der Waals surface area contributed by atoms with Gasteiger partial charge in [0.1, 0.15) is 16.2 Å². The van der Waals surface area contributed by atoms with Gasteiger partial charge in [-0.25, -0.2) is 0 Å². The summed E-state index contributed by atoms with van der Waals surface area (Å²) in [6.07, 6.45) is 1.01. The van der Waals surface area contributed by atoms with Crippen molar-refractivity contribution in [1.82, 2.24) is 0 Å². The minimum Gasteiger partial charge on any atom is -0.414 e. The highest BCUT2D eigenvalue weighted by molar-refractivity contribution is 9.49. The fraction of sp³-hybridized carbons (Fsp3) is 0.0769. The van der Waals surface area contributed by atoms with Gasteiger partial charge in [-0.2, -0.15) is 0 Å². The smallest absolute Gasteiger partial charge is 0.138 e. The van der Waals surface area contributed by atoms with Crippen molar-refractivity contribution < 1.29 is 4.18 Å². The largest absolute Gasteiger partial charge is 0.414 e. The zero-order valence-electron chi connectivity index (χ0n) is 8.44. The Labute approximate surface area is 106 Å². The number of hydrogen-bond acceptors (Lipinski definition) is 2. The summed E-state index contributed by atoms with van der Waals surface area (Å²) in [5.41, 5.74) is 5.44. The van der Waals surface area contributed by atoms with E-state index in [2.05, 4.69) is 51.2 Å². The minimum atomic E-state index is 0.897. The molecule has 0 aliphatic heterocycles. The molecule has 0 amide bonds. The maximum absolute atomic E-state index is 5.36. The first-order valence-corrected chi connectivity index (χ1v) is 7.63. The van der Waals surface area contributed by atoms with Gasteiger partial charge in [0.05, 0.1) is 0 Å². The van der Waals surface area contributed by atoms with Crippen molar-refractivity contribution in [2.45, 2.75) is 6.42 Å². The van der Waals surface area contributed by atoms with Gasteiger partial charge in [-0.1, -0.05) is 30.3 Å². The van der Waals surface area contributed by atoms with Gasteiger partial charge < -0.3 is 4.18 Å². The molecule has 0 unspecified atom stereocenters. The zero-order valence-corrected chi connectivity index (χ0v) is 10.8. The van der Waals surface area contributed by atoms with Crippen molar-refractivity contribution in [3.05, 3.63) is 53.6 Å². The number of halogens is 1. The van der Waals surface area contributed by atoms with Gasteiger partial charge in [-0.15, -0.1) is 0 Å². The van der Waals surface area contributed by atoms with E-state index >= 15 is 0 Å². The molecule has 1 aliphatic rings. The Kier molecular flexibility index (Phi) is 2.65. The number of hydrogen-bond donors (Lipinski definition) is 0. The van der Waals surface area contributed by atoms with Gasteiger partial charge in [-0.3, -0.25) is 0 Å². The lowest BCUT2D eigenvalue weighted by Crippen LogP contribution is -1.82. The first kappa shape index (κ1) is 10.2. The van der Waals surface area contributed by atoms with Crippen molar-refractivity contribution in [3.8, 4) is 16.9 Å². The van der Waals surface area contributed by atoms with Crippen LogP contribution in [0, 0.1) is 0 Å². The van der Waals surface area contributed by atoms with Gasteiger partial charge in [0, 0.05) is 14.8 Å². The fourth-order valence-electron chi connectivity index (χ4n) is 2.21. The van der Waals surface area contributed by atoms with Crippen LogP contribution in [-0.4, -0.2) is 0 Å². The van der Waals surface area contributed by atoms with Crippen LogP contribution in [-0.2, 0) is 6.42 Å². The molecular formula is C13H9BrOS. The summed E-state index contributed by atoms with van der Waals surface area (Å²) >= 11 is 3.19. The maximum Gasteiger partial charge on any atom is 0.138 e. The van der Waals surface area contributed by atoms with Crippen LogP contribution in [0.25, 0.3) is 11.1 Å². The van der Waals surface area contributed by atoms with E-state index < -0.39 is 0 Å². The van der Waals surface area contributed by atoms with Crippen LogP contribution >= 0.6 is 25.3 Å². The second-order valence-corrected chi connectivity index (χ2v) is 4.88. The lowest BCUT2D eigenvalue weighted by Gasteiger charge is -2.03. The Morgan fingerprint density at radius 3 is 2.69 bits per heavy atom. The lowest BCUT2D eigenvalue weighted by atomic mass is 10.1. The van der Waals surface area contributed by atoms with Gasteiger partial charge in [0.2, 0.25) is 0 Å². The van der Waals surface area contributed by atoms with E-state index in [4.69, 9.17) is 4.18 Å². The maximum atomic E-state index is 5.36. The molecule has 1 nitrogen and oxygen atoms in total. The van der Waals surface area contributed by atoms with Crippen LogP contribution in [0.5, 0.6) is 5.75 Å². The Balaban J connectivity index is 2.07. The average Bonchev–Trinajstić information content (AvgIpc) is 2.67. The molecule has 0 heterocycles. The quantitative estimate of drug-likeness (QED) is 0.639. The summed E-state index contributed by atoms with van der Waals surface area (Å²) < 4.78 is 5.36. The molecule has 2 aromatic rings. The molecule has 0 radical (unpaired) electrons. The molecule has 0 aromatic heterocycles. The molecule has 0 N–H and O–H groups in total. The van der Waals surface area contributed by atoms with Crippen molar-refractivity contribution in [2.24, 2.45) is 0 Å². The predicted molar refractivity (Wildman–Crippen MR) is 71.8 cm³/mol. The van der Waals surface area contributed by atoms with E-state index in [1.165, 1.54) is 32.7 Å². The molecule has 3 rings (SSSR count). The van der Waals surface area contributed by atoms with Crippen LogP contribution in [0.3, 0.4) is 0 Å². The molecule has 16 heavy (non-hydrogen) atoms. The first-order chi connectivity index (χ1) is 7.88. The summed E-state index contributed by atoms with van der Waals surface area (Å²) in [6.45, 7) is 0. The van der Waals surface area contributed by atoms with E-state index in [1.54, 1.807) is 0 Å². The van der Waals surface area contributed by atoms with Crippen molar-refractivity contribution in [2.75, 3.05) is 0 Å². The van der Waals surface area contributed by atoms with Crippen molar-refractivity contribution >= 4 is 25.3 Å². The van der Waals surface area contributed by atoms with Crippen LogP contribution in [0.15, 0.2) is 42.5 Å². The molecule has 1 aliphatic carbocycles. The summed E-state index contributed by atoms with van der Waals surface area (Å²) in [5.74, 6) is 0.897. The molecule has 0 spiro atoms. The van der Waals surface area contributed by atoms with Crippen LogP contribution in [0.1, 0.15) is 11.1 Å². The fourth-order valence-corrected chi connectivity index (χ4v) is 2.84. The normalized spacial score (nSPS) is 12.1. The highest BCUT2D eigenvalue weighted by atomic mass is 79.9. The summed E-state index contributed by atoms with van der Waals surface area (Å²) in [7, 11) is 1.20. The van der Waals surface area contributed by atoms with E-state index in [1.807, 2.05) is 6.07 Å². The highest BCUT2D eigenvalue weighted by Crippen LogP contribution is 2.38. The Bertz CT molecular complexity index is 539. The Hall–Kier alpha value is -0.930. The van der Waals surface area contributed by atoms with E-state index in [0.29, 0.717) is 0 Å². The van der Waals surface area contributed by atoms with E-state index in [0.717, 1.165) is 12.2 Å². The second-order valence-electron chi connectivity index (χ2n) is 3.80. The molecular weight excluding hydrogens is 284 g/mol. The summed E-state index contributed by atoms with van der Waals surface area (Å²) in [6, 6.07) is 14.8. The summed E-state index contributed by atoms with van der Waals surface area (Å²) in [4.78, 5) is 0. The average molecular weight is 293 g/mol. The Morgan fingerprint density at radius 2 is 1.81 bits per heavy atom. The lowest BCUT2D eigenvalue weighted by molar-refractivity contribution is 0.656. The van der Waals surface area contributed by atoms with Gasteiger partial charge >= 0.3 is 0 Å². The van der Waals surface area contributed by atoms with E-state index in [-0.39, 0.29) is 0 Å². The third-order valence-electron chi connectivity index (χ3n) is 2.89. The topological polar surface area (TPSA) is 9.23 Å². The van der Waals surface area contributed by atoms with Gasteiger partial charge in [-0.05, 0) is 40.8 Å². The van der Waals surface area contributed by atoms with Crippen LogP contribution in [0.2, 0.25) is 0 Å². The molecule has 0 bridgehead atoms. The van der Waals surface area contributed by atoms with Crippen LogP contribution in [0.4, 0.5) is 0 Å². The van der Waals surface area contributed by atoms with Gasteiger partial charge in [0.15, 0.2) is 0 Å². The third kappa shape index (κ3) is 1.64.